The number of halogens is 3. The molecule has 3 aromatic carbocycles. The number of alkyl halides is 3. The van der Waals surface area contributed by atoms with Gasteiger partial charge in [-0.3, -0.25) is 14.8 Å². The maximum Gasteiger partial charge on any atom is 0.416 e. The largest absolute Gasteiger partial charge is 0.416 e. The molecule has 8 heteroatoms. The lowest BCUT2D eigenvalue weighted by Gasteiger charge is -2.24. The second-order valence-corrected chi connectivity index (χ2v) is 6.59. The Morgan fingerprint density at radius 2 is 1.55 bits per heavy atom. The highest BCUT2D eigenvalue weighted by molar-refractivity contribution is 6.01. The molecular formula is C21H17F3N2O3. The number of hydrogen-bond acceptors (Lipinski definition) is 3. The van der Waals surface area contributed by atoms with Crippen molar-refractivity contribution in [3.05, 3.63) is 82.9 Å². The number of carbonyl (C=O) groups is 2. The number of benzene rings is 3. The summed E-state index contributed by atoms with van der Waals surface area (Å²) in [5.74, 6) is -1.35. The van der Waals surface area contributed by atoms with Gasteiger partial charge in [0.2, 0.25) is 5.91 Å². The lowest BCUT2D eigenvalue weighted by molar-refractivity contribution is -0.137. The number of nitrogens with two attached hydrogens (primary N) is 1. The third-order valence-corrected chi connectivity index (χ3v) is 4.64. The summed E-state index contributed by atoms with van der Waals surface area (Å²) in [7, 11) is 0. The summed E-state index contributed by atoms with van der Waals surface area (Å²) in [4.78, 5) is 23.9. The molecule has 0 heterocycles. The van der Waals surface area contributed by atoms with Crippen LogP contribution in [0.2, 0.25) is 0 Å². The van der Waals surface area contributed by atoms with Crippen molar-refractivity contribution in [2.45, 2.75) is 19.1 Å². The minimum atomic E-state index is -4.53. The van der Waals surface area contributed by atoms with Crippen LogP contribution in [-0.4, -0.2) is 22.1 Å². The number of hydroxylamine groups is 2. The van der Waals surface area contributed by atoms with Gasteiger partial charge in [-0.2, -0.15) is 13.2 Å². The third-order valence-electron chi connectivity index (χ3n) is 4.64. The van der Waals surface area contributed by atoms with E-state index >= 15 is 0 Å². The molecule has 0 spiro atoms. The van der Waals surface area contributed by atoms with Crippen LogP contribution in [0.25, 0.3) is 10.8 Å². The van der Waals surface area contributed by atoms with E-state index < -0.39 is 29.6 Å². The smallest absolute Gasteiger partial charge is 0.366 e. The van der Waals surface area contributed by atoms with Crippen molar-refractivity contribution in [3.8, 4) is 0 Å². The van der Waals surface area contributed by atoms with E-state index in [2.05, 4.69) is 0 Å². The summed E-state index contributed by atoms with van der Waals surface area (Å²) >= 11 is 0. The van der Waals surface area contributed by atoms with E-state index in [1.807, 2.05) is 0 Å². The zero-order chi connectivity index (χ0) is 21.3. The molecule has 29 heavy (non-hydrogen) atoms. The normalized spacial score (nSPS) is 12.6. The van der Waals surface area contributed by atoms with Crippen molar-refractivity contribution >= 4 is 22.6 Å². The van der Waals surface area contributed by atoms with Crippen LogP contribution in [0, 0.1) is 0 Å². The monoisotopic (exact) mass is 402 g/mol. The summed E-state index contributed by atoms with van der Waals surface area (Å²) in [6.45, 7) is 1.42. The summed E-state index contributed by atoms with van der Waals surface area (Å²) in [5.41, 5.74) is 4.99. The number of fused-ring (bicyclic) bond motifs is 1. The first-order valence-electron chi connectivity index (χ1n) is 8.61. The molecule has 0 saturated heterocycles. The fourth-order valence-electron chi connectivity index (χ4n) is 2.96. The first kappa shape index (κ1) is 20.3. The molecule has 0 aliphatic carbocycles. The van der Waals surface area contributed by atoms with Gasteiger partial charge in [-0.05, 0) is 59.7 Å². The fraction of sp³-hybridized carbons (Fsp3) is 0.143. The molecule has 0 aliphatic heterocycles. The highest BCUT2D eigenvalue weighted by Gasteiger charge is 2.31. The second-order valence-electron chi connectivity index (χ2n) is 6.59. The maximum atomic E-state index is 12.9. The number of nitrogens with zero attached hydrogens (tertiary/aromatic N) is 1. The summed E-state index contributed by atoms with van der Waals surface area (Å²) in [6.07, 6.45) is -4.53. The van der Waals surface area contributed by atoms with Gasteiger partial charge in [-0.15, -0.1) is 0 Å². The van der Waals surface area contributed by atoms with Crippen molar-refractivity contribution in [1.29, 1.82) is 0 Å². The van der Waals surface area contributed by atoms with E-state index in [1.54, 1.807) is 18.2 Å². The summed E-state index contributed by atoms with van der Waals surface area (Å²) < 4.78 is 38.7. The van der Waals surface area contributed by atoms with E-state index in [0.29, 0.717) is 21.4 Å². The first-order chi connectivity index (χ1) is 13.6. The van der Waals surface area contributed by atoms with Gasteiger partial charge in [0.15, 0.2) is 0 Å². The van der Waals surface area contributed by atoms with Crippen LogP contribution in [0.3, 0.4) is 0 Å². The third kappa shape index (κ3) is 4.22. The Bertz CT molecular complexity index is 1100. The average Bonchev–Trinajstić information content (AvgIpc) is 2.70. The first-order valence-corrected chi connectivity index (χ1v) is 8.61. The number of rotatable bonds is 4. The van der Waals surface area contributed by atoms with Crippen molar-refractivity contribution in [2.75, 3.05) is 0 Å². The standard InChI is InChI=1S/C21H17F3N2O3/c1-12(13-3-2-4-18(11-13)21(22,23)24)26(29)20(28)17-8-6-14-9-16(19(25)27)7-5-15(14)10-17/h2-12,29H,1H3,(H2,25,27). The number of hydrogen-bond donors (Lipinski definition) is 2. The van der Waals surface area contributed by atoms with Crippen LogP contribution >= 0.6 is 0 Å². The molecule has 5 nitrogen and oxygen atoms in total. The summed E-state index contributed by atoms with van der Waals surface area (Å²) in [6, 6.07) is 12.7. The van der Waals surface area contributed by atoms with Crippen LogP contribution in [0.4, 0.5) is 13.2 Å². The Balaban J connectivity index is 1.87. The SMILES string of the molecule is CC(c1cccc(C(F)(F)F)c1)N(O)C(=O)c1ccc2cc(C(N)=O)ccc2c1. The molecule has 1 unspecified atom stereocenters. The highest BCUT2D eigenvalue weighted by atomic mass is 19.4. The molecule has 0 radical (unpaired) electrons. The molecule has 0 saturated carbocycles. The molecule has 3 N–H and O–H groups in total. The quantitative estimate of drug-likeness (QED) is 0.496. The number of carbonyl (C=O) groups excluding carboxylic acids is 2. The van der Waals surface area contributed by atoms with Gasteiger partial charge in [0, 0.05) is 11.1 Å². The Morgan fingerprint density at radius 3 is 2.14 bits per heavy atom. The van der Waals surface area contributed by atoms with Crippen molar-refractivity contribution in [2.24, 2.45) is 5.73 Å². The van der Waals surface area contributed by atoms with Gasteiger partial charge in [0.25, 0.3) is 5.91 Å². The van der Waals surface area contributed by atoms with Crippen LogP contribution in [-0.2, 0) is 6.18 Å². The van der Waals surface area contributed by atoms with Gasteiger partial charge in [-0.1, -0.05) is 24.3 Å². The molecule has 150 valence electrons. The highest BCUT2D eigenvalue weighted by Crippen LogP contribution is 2.32. The molecule has 1 atom stereocenters. The van der Waals surface area contributed by atoms with Crippen LogP contribution in [0.15, 0.2) is 60.7 Å². The van der Waals surface area contributed by atoms with Crippen molar-refractivity contribution < 1.29 is 28.0 Å². The lowest BCUT2D eigenvalue weighted by Crippen LogP contribution is -2.30. The molecule has 3 rings (SSSR count). The van der Waals surface area contributed by atoms with E-state index in [9.17, 15) is 28.0 Å². The van der Waals surface area contributed by atoms with E-state index in [4.69, 9.17) is 5.73 Å². The summed E-state index contributed by atoms with van der Waals surface area (Å²) in [5, 5.41) is 12.0. The predicted octanol–water partition coefficient (Wildman–Crippen LogP) is 4.55. The molecule has 3 aromatic rings. The lowest BCUT2D eigenvalue weighted by atomic mass is 10.0. The minimum absolute atomic E-state index is 0.141. The maximum absolute atomic E-state index is 12.9. The van der Waals surface area contributed by atoms with Gasteiger partial charge in [0.1, 0.15) is 0 Å². The molecule has 0 aliphatic rings. The Labute approximate surface area is 164 Å². The van der Waals surface area contributed by atoms with E-state index in [-0.39, 0.29) is 11.1 Å². The Hall–Kier alpha value is -3.39. The Kier molecular flexibility index (Phi) is 5.30. The van der Waals surface area contributed by atoms with Crippen molar-refractivity contribution in [1.82, 2.24) is 5.06 Å². The van der Waals surface area contributed by atoms with E-state index in [0.717, 1.165) is 12.1 Å². The topological polar surface area (TPSA) is 83.6 Å². The zero-order valence-electron chi connectivity index (χ0n) is 15.3. The fourth-order valence-corrected chi connectivity index (χ4v) is 2.96. The van der Waals surface area contributed by atoms with Crippen LogP contribution in [0.1, 0.15) is 44.8 Å². The number of amides is 2. The predicted molar refractivity (Wildman–Crippen MR) is 100 cm³/mol. The van der Waals surface area contributed by atoms with Crippen LogP contribution < -0.4 is 5.73 Å². The molecule has 0 bridgehead atoms. The van der Waals surface area contributed by atoms with E-state index in [1.165, 1.54) is 37.3 Å². The average molecular weight is 402 g/mol. The van der Waals surface area contributed by atoms with Gasteiger partial charge in [0.05, 0.1) is 11.6 Å². The molecule has 2 amide bonds. The molecule has 0 fully saturated rings. The van der Waals surface area contributed by atoms with Crippen LogP contribution in [0.5, 0.6) is 0 Å². The minimum Gasteiger partial charge on any atom is -0.366 e. The van der Waals surface area contributed by atoms with Gasteiger partial charge < -0.3 is 5.73 Å². The van der Waals surface area contributed by atoms with Crippen molar-refractivity contribution in [3.63, 3.8) is 0 Å². The zero-order valence-corrected chi connectivity index (χ0v) is 15.3. The number of primary amides is 1. The second kappa shape index (κ2) is 7.56. The Morgan fingerprint density at radius 1 is 0.966 bits per heavy atom. The van der Waals surface area contributed by atoms with Gasteiger partial charge >= 0.3 is 6.18 Å². The molecule has 0 aromatic heterocycles. The van der Waals surface area contributed by atoms with Gasteiger partial charge in [-0.25, -0.2) is 5.06 Å². The molecular weight excluding hydrogens is 385 g/mol.